The fourth-order valence-electron chi connectivity index (χ4n) is 1.98. The topological polar surface area (TPSA) is 31.2 Å². The molecule has 0 N–H and O–H groups in total. The molecule has 0 aliphatic rings. The summed E-state index contributed by atoms with van der Waals surface area (Å²) in [6.45, 7) is 2.65. The molecule has 90 valence electrons. The molecule has 1 heterocycles. The molecule has 0 saturated heterocycles. The number of hydrogen-bond acceptors (Lipinski definition) is 2. The molecule has 0 saturated carbocycles. The first-order valence-corrected chi connectivity index (χ1v) is 5.82. The molecule has 2 aromatic rings. The van der Waals surface area contributed by atoms with Gasteiger partial charge in [0.15, 0.2) is 0 Å². The van der Waals surface area contributed by atoms with E-state index in [0.717, 1.165) is 21.6 Å². The third kappa shape index (κ3) is 2.44. The number of methoxy groups -OCH3 is 1. The summed E-state index contributed by atoms with van der Waals surface area (Å²) < 4.78 is 6.75. The van der Waals surface area contributed by atoms with Gasteiger partial charge in [-0.1, -0.05) is 11.6 Å². The Morgan fingerprint density at radius 3 is 2.88 bits per heavy atom. The largest absolute Gasteiger partial charge is 0.469 e. The van der Waals surface area contributed by atoms with Crippen molar-refractivity contribution in [2.45, 2.75) is 19.9 Å². The predicted octanol–water partition coefficient (Wildman–Crippen LogP) is 3.17. The zero-order chi connectivity index (χ0) is 12.4. The quantitative estimate of drug-likeness (QED) is 0.785. The Labute approximate surface area is 105 Å². The molecular weight excluding hydrogens is 238 g/mol. The number of aromatic nitrogens is 1. The van der Waals surface area contributed by atoms with Crippen LogP contribution in [0, 0.1) is 6.92 Å². The van der Waals surface area contributed by atoms with E-state index in [2.05, 4.69) is 15.4 Å². The second kappa shape index (κ2) is 4.80. The molecule has 2 rings (SSSR count). The lowest BCUT2D eigenvalue weighted by atomic mass is 10.2. The highest BCUT2D eigenvalue weighted by atomic mass is 35.5. The number of ether oxygens (including phenoxy) is 1. The summed E-state index contributed by atoms with van der Waals surface area (Å²) >= 11 is 5.95. The summed E-state index contributed by atoms with van der Waals surface area (Å²) in [5.41, 5.74) is 2.21. The molecule has 17 heavy (non-hydrogen) atoms. The maximum Gasteiger partial charge on any atom is 0.307 e. The number of fused-ring (bicyclic) bond motifs is 1. The SMILES string of the molecule is COC(=O)CCn1c(C)cc2cc(Cl)ccc21. The van der Waals surface area contributed by atoms with Gasteiger partial charge in [0.25, 0.3) is 0 Å². The van der Waals surface area contributed by atoms with E-state index in [-0.39, 0.29) is 5.97 Å². The Kier molecular flexibility index (Phi) is 3.38. The van der Waals surface area contributed by atoms with Crippen molar-refractivity contribution < 1.29 is 9.53 Å². The molecule has 0 aliphatic carbocycles. The molecular formula is C13H14ClNO2. The molecule has 0 atom stereocenters. The highest BCUT2D eigenvalue weighted by molar-refractivity contribution is 6.31. The van der Waals surface area contributed by atoms with E-state index >= 15 is 0 Å². The first-order chi connectivity index (χ1) is 8.11. The fourth-order valence-corrected chi connectivity index (χ4v) is 2.16. The van der Waals surface area contributed by atoms with Crippen molar-refractivity contribution in [2.24, 2.45) is 0 Å². The number of aryl methyl sites for hydroxylation is 2. The normalized spacial score (nSPS) is 10.8. The van der Waals surface area contributed by atoms with Gasteiger partial charge in [-0.3, -0.25) is 4.79 Å². The Morgan fingerprint density at radius 1 is 1.41 bits per heavy atom. The molecule has 0 amide bonds. The van der Waals surface area contributed by atoms with Crippen LogP contribution in [0.5, 0.6) is 0 Å². The summed E-state index contributed by atoms with van der Waals surface area (Å²) in [4.78, 5) is 11.2. The van der Waals surface area contributed by atoms with Gasteiger partial charge in [0.05, 0.1) is 13.5 Å². The van der Waals surface area contributed by atoms with E-state index < -0.39 is 0 Å². The number of hydrogen-bond donors (Lipinski definition) is 0. The Morgan fingerprint density at radius 2 is 2.18 bits per heavy atom. The molecule has 0 fully saturated rings. The Balaban J connectivity index is 2.33. The minimum absolute atomic E-state index is 0.194. The number of carbonyl (C=O) groups is 1. The van der Waals surface area contributed by atoms with Crippen molar-refractivity contribution in [3.63, 3.8) is 0 Å². The van der Waals surface area contributed by atoms with Crippen molar-refractivity contribution >= 4 is 28.5 Å². The van der Waals surface area contributed by atoms with Gasteiger partial charge in [0, 0.05) is 28.2 Å². The van der Waals surface area contributed by atoms with E-state index in [1.807, 2.05) is 25.1 Å². The second-order valence-corrected chi connectivity index (χ2v) is 4.40. The van der Waals surface area contributed by atoms with Gasteiger partial charge in [-0.2, -0.15) is 0 Å². The average molecular weight is 252 g/mol. The van der Waals surface area contributed by atoms with Gasteiger partial charge in [-0.15, -0.1) is 0 Å². The average Bonchev–Trinajstić information content (AvgIpc) is 2.61. The Hall–Kier alpha value is -1.48. The summed E-state index contributed by atoms with van der Waals surface area (Å²) in [5.74, 6) is -0.194. The van der Waals surface area contributed by atoms with Crippen molar-refractivity contribution in [3.8, 4) is 0 Å². The van der Waals surface area contributed by atoms with Gasteiger partial charge < -0.3 is 9.30 Å². The zero-order valence-corrected chi connectivity index (χ0v) is 10.6. The summed E-state index contributed by atoms with van der Waals surface area (Å²) in [6, 6.07) is 7.83. The predicted molar refractivity (Wildman–Crippen MR) is 68.3 cm³/mol. The van der Waals surface area contributed by atoms with Crippen LogP contribution in [-0.2, 0) is 16.1 Å². The summed E-state index contributed by atoms with van der Waals surface area (Å²) in [5, 5.41) is 1.82. The van der Waals surface area contributed by atoms with Crippen LogP contribution in [-0.4, -0.2) is 17.6 Å². The fraction of sp³-hybridized carbons (Fsp3) is 0.308. The molecule has 4 heteroatoms. The van der Waals surface area contributed by atoms with E-state index in [9.17, 15) is 4.79 Å². The van der Waals surface area contributed by atoms with Crippen LogP contribution in [0.25, 0.3) is 10.9 Å². The van der Waals surface area contributed by atoms with Crippen molar-refractivity contribution in [1.82, 2.24) is 4.57 Å². The van der Waals surface area contributed by atoms with Crippen LogP contribution in [0.4, 0.5) is 0 Å². The maximum absolute atomic E-state index is 11.2. The lowest BCUT2D eigenvalue weighted by Crippen LogP contribution is -2.07. The van der Waals surface area contributed by atoms with Gasteiger partial charge in [-0.05, 0) is 31.2 Å². The highest BCUT2D eigenvalue weighted by Gasteiger charge is 2.08. The number of rotatable bonds is 3. The number of benzene rings is 1. The summed E-state index contributed by atoms with van der Waals surface area (Å²) in [7, 11) is 1.41. The molecule has 3 nitrogen and oxygen atoms in total. The molecule has 0 radical (unpaired) electrons. The van der Waals surface area contributed by atoms with Crippen molar-refractivity contribution in [3.05, 3.63) is 35.0 Å². The number of halogens is 1. The lowest BCUT2D eigenvalue weighted by molar-refractivity contribution is -0.140. The molecule has 1 aromatic carbocycles. The van der Waals surface area contributed by atoms with Crippen LogP contribution in [0.2, 0.25) is 5.02 Å². The van der Waals surface area contributed by atoms with Gasteiger partial charge >= 0.3 is 5.97 Å². The smallest absolute Gasteiger partial charge is 0.307 e. The number of carbonyl (C=O) groups excluding carboxylic acids is 1. The van der Waals surface area contributed by atoms with Crippen LogP contribution in [0.1, 0.15) is 12.1 Å². The molecule has 0 bridgehead atoms. The maximum atomic E-state index is 11.2. The van der Waals surface area contributed by atoms with Crippen LogP contribution < -0.4 is 0 Å². The standard InChI is InChI=1S/C13H14ClNO2/c1-9-7-10-8-11(14)3-4-12(10)15(9)6-5-13(16)17-2/h3-4,7-8H,5-6H2,1-2H3. The van der Waals surface area contributed by atoms with Crippen molar-refractivity contribution in [1.29, 1.82) is 0 Å². The third-order valence-corrected chi connectivity index (χ3v) is 3.07. The first kappa shape index (κ1) is 12.0. The minimum atomic E-state index is -0.194. The monoisotopic (exact) mass is 251 g/mol. The zero-order valence-electron chi connectivity index (χ0n) is 9.87. The van der Waals surface area contributed by atoms with E-state index in [4.69, 9.17) is 11.6 Å². The van der Waals surface area contributed by atoms with Crippen LogP contribution in [0.3, 0.4) is 0 Å². The van der Waals surface area contributed by atoms with E-state index in [0.29, 0.717) is 13.0 Å². The lowest BCUT2D eigenvalue weighted by Gasteiger charge is -2.07. The molecule has 1 aromatic heterocycles. The number of nitrogens with zero attached hydrogens (tertiary/aromatic N) is 1. The molecule has 0 aliphatic heterocycles. The van der Waals surface area contributed by atoms with Gasteiger partial charge in [0.2, 0.25) is 0 Å². The van der Waals surface area contributed by atoms with Crippen molar-refractivity contribution in [2.75, 3.05) is 7.11 Å². The van der Waals surface area contributed by atoms with Gasteiger partial charge in [-0.25, -0.2) is 0 Å². The van der Waals surface area contributed by atoms with Crippen LogP contribution in [0.15, 0.2) is 24.3 Å². The highest BCUT2D eigenvalue weighted by Crippen LogP contribution is 2.23. The molecule has 0 unspecified atom stereocenters. The number of esters is 1. The van der Waals surface area contributed by atoms with E-state index in [1.165, 1.54) is 7.11 Å². The minimum Gasteiger partial charge on any atom is -0.469 e. The van der Waals surface area contributed by atoms with Gasteiger partial charge in [0.1, 0.15) is 0 Å². The summed E-state index contributed by atoms with van der Waals surface area (Å²) in [6.07, 6.45) is 0.379. The molecule has 0 spiro atoms. The Bertz CT molecular complexity index is 560. The first-order valence-electron chi connectivity index (χ1n) is 5.44. The van der Waals surface area contributed by atoms with Crippen LogP contribution >= 0.6 is 11.6 Å². The second-order valence-electron chi connectivity index (χ2n) is 3.97. The van der Waals surface area contributed by atoms with E-state index in [1.54, 1.807) is 0 Å². The third-order valence-electron chi connectivity index (χ3n) is 2.84.